The predicted octanol–water partition coefficient (Wildman–Crippen LogP) is 1.03. The van der Waals surface area contributed by atoms with Gasteiger partial charge >= 0.3 is 0 Å². The lowest BCUT2D eigenvalue weighted by Gasteiger charge is -2.28. The van der Waals surface area contributed by atoms with Crippen molar-refractivity contribution in [1.82, 2.24) is 9.80 Å². The van der Waals surface area contributed by atoms with Gasteiger partial charge < -0.3 is 20.5 Å². The highest BCUT2D eigenvalue weighted by Crippen LogP contribution is 2.19. The van der Waals surface area contributed by atoms with E-state index in [1.165, 1.54) is 12.8 Å². The predicted molar refractivity (Wildman–Crippen MR) is 85.5 cm³/mol. The quantitative estimate of drug-likeness (QED) is 0.735. The maximum atomic E-state index is 10.2. The summed E-state index contributed by atoms with van der Waals surface area (Å²) in [4.78, 5) is 4.58. The Morgan fingerprint density at radius 1 is 1.48 bits per heavy atom. The Labute approximate surface area is 127 Å². The molecular formula is C16H27N3O2. The van der Waals surface area contributed by atoms with Crippen LogP contribution < -0.4 is 10.5 Å². The van der Waals surface area contributed by atoms with Gasteiger partial charge in [-0.25, -0.2) is 0 Å². The number of hydrogen-bond donors (Lipinski definition) is 2. The van der Waals surface area contributed by atoms with Gasteiger partial charge in [-0.05, 0) is 45.6 Å². The topological polar surface area (TPSA) is 62.0 Å². The molecule has 0 bridgehead atoms. The van der Waals surface area contributed by atoms with Crippen molar-refractivity contribution in [2.24, 2.45) is 0 Å². The summed E-state index contributed by atoms with van der Waals surface area (Å²) in [6.07, 6.45) is 1.94. The van der Waals surface area contributed by atoms with E-state index in [-0.39, 0.29) is 0 Å². The summed E-state index contributed by atoms with van der Waals surface area (Å²) in [5.74, 6) is 0.709. The van der Waals surface area contributed by atoms with E-state index >= 15 is 0 Å². The Hall–Kier alpha value is -1.30. The number of ether oxygens (including phenoxy) is 1. The highest BCUT2D eigenvalue weighted by molar-refractivity contribution is 5.43. The van der Waals surface area contributed by atoms with Gasteiger partial charge in [0.2, 0.25) is 0 Å². The molecule has 0 spiro atoms. The van der Waals surface area contributed by atoms with Gasteiger partial charge in [0.05, 0.1) is 0 Å². The average molecular weight is 293 g/mol. The first-order valence-corrected chi connectivity index (χ1v) is 7.60. The van der Waals surface area contributed by atoms with E-state index in [0.717, 1.165) is 13.1 Å². The maximum Gasteiger partial charge on any atom is 0.121 e. The lowest BCUT2D eigenvalue weighted by atomic mass is 10.2. The average Bonchev–Trinajstić information content (AvgIpc) is 2.83. The van der Waals surface area contributed by atoms with Crippen molar-refractivity contribution in [3.63, 3.8) is 0 Å². The summed E-state index contributed by atoms with van der Waals surface area (Å²) >= 11 is 0. The molecule has 2 rings (SSSR count). The molecule has 5 nitrogen and oxygen atoms in total. The van der Waals surface area contributed by atoms with Crippen LogP contribution in [0.5, 0.6) is 5.75 Å². The second-order valence-corrected chi connectivity index (χ2v) is 6.09. The first-order chi connectivity index (χ1) is 10.0. The minimum Gasteiger partial charge on any atom is -0.491 e. The van der Waals surface area contributed by atoms with Crippen LogP contribution in [0.3, 0.4) is 0 Å². The number of hydrogen-bond acceptors (Lipinski definition) is 5. The minimum atomic E-state index is -0.478. The van der Waals surface area contributed by atoms with Crippen LogP contribution in [0.25, 0.3) is 0 Å². The molecular weight excluding hydrogens is 266 g/mol. The number of nitrogens with zero attached hydrogens (tertiary/aromatic N) is 2. The highest BCUT2D eigenvalue weighted by atomic mass is 16.5. The highest BCUT2D eigenvalue weighted by Gasteiger charge is 2.26. The van der Waals surface area contributed by atoms with E-state index in [9.17, 15) is 5.11 Å². The summed E-state index contributed by atoms with van der Waals surface area (Å²) in [7, 11) is 4.19. The number of likely N-dealkylation sites (N-methyl/N-ethyl adjacent to an activating group) is 1. The van der Waals surface area contributed by atoms with Crippen molar-refractivity contribution >= 4 is 5.69 Å². The van der Waals surface area contributed by atoms with Gasteiger partial charge in [0.15, 0.2) is 0 Å². The van der Waals surface area contributed by atoms with Gasteiger partial charge in [-0.1, -0.05) is 6.07 Å². The summed E-state index contributed by atoms with van der Waals surface area (Å²) in [5, 5.41) is 10.2. The molecule has 1 aliphatic heterocycles. The third-order valence-electron chi connectivity index (χ3n) is 3.82. The molecule has 5 heteroatoms. The number of benzene rings is 1. The van der Waals surface area contributed by atoms with Crippen molar-refractivity contribution in [2.75, 3.05) is 46.1 Å². The van der Waals surface area contributed by atoms with Crippen LogP contribution >= 0.6 is 0 Å². The van der Waals surface area contributed by atoms with E-state index in [0.29, 0.717) is 30.6 Å². The standard InChI is InChI=1S/C16H27N3O2/c1-18(2)10-14-6-4-8-19(14)11-15(20)12-21-16-7-3-5-13(17)9-16/h3,5,7,9,14-15,20H,4,6,8,10-12,17H2,1-2H3. The number of aliphatic hydroxyl groups is 1. The van der Waals surface area contributed by atoms with Crippen LogP contribution in [0, 0.1) is 0 Å². The van der Waals surface area contributed by atoms with E-state index < -0.39 is 6.10 Å². The molecule has 0 aliphatic carbocycles. The second-order valence-electron chi connectivity index (χ2n) is 6.09. The summed E-state index contributed by atoms with van der Waals surface area (Å²) in [5.41, 5.74) is 6.38. The van der Waals surface area contributed by atoms with Gasteiger partial charge in [-0.15, -0.1) is 0 Å². The summed E-state index contributed by atoms with van der Waals surface area (Å²) in [6, 6.07) is 7.84. The van der Waals surface area contributed by atoms with Gasteiger partial charge in [0.25, 0.3) is 0 Å². The van der Waals surface area contributed by atoms with Crippen molar-refractivity contribution in [3.05, 3.63) is 24.3 Å². The lowest BCUT2D eigenvalue weighted by molar-refractivity contribution is 0.0600. The van der Waals surface area contributed by atoms with Crippen LogP contribution in [0.1, 0.15) is 12.8 Å². The third-order valence-corrected chi connectivity index (χ3v) is 3.82. The second kappa shape index (κ2) is 7.64. The maximum absolute atomic E-state index is 10.2. The van der Waals surface area contributed by atoms with Gasteiger partial charge in [0.1, 0.15) is 18.5 Å². The SMILES string of the molecule is CN(C)CC1CCCN1CC(O)COc1cccc(N)c1. The minimum absolute atomic E-state index is 0.300. The molecule has 1 heterocycles. The number of rotatable bonds is 7. The van der Waals surface area contributed by atoms with Gasteiger partial charge in [-0.2, -0.15) is 0 Å². The fraction of sp³-hybridized carbons (Fsp3) is 0.625. The molecule has 2 atom stereocenters. The van der Waals surface area contributed by atoms with Crippen molar-refractivity contribution in [1.29, 1.82) is 0 Å². The van der Waals surface area contributed by atoms with Crippen LogP contribution in [-0.2, 0) is 0 Å². The molecule has 1 aliphatic rings. The number of β-amino-alcohol motifs (C(OH)–C–C–N with tert-alkyl or cyclic N) is 1. The summed E-state index contributed by atoms with van der Waals surface area (Å²) in [6.45, 7) is 3.08. The van der Waals surface area contributed by atoms with E-state index in [4.69, 9.17) is 10.5 Å². The molecule has 21 heavy (non-hydrogen) atoms. The fourth-order valence-electron chi connectivity index (χ4n) is 2.88. The van der Waals surface area contributed by atoms with Gasteiger partial charge in [-0.3, -0.25) is 4.90 Å². The van der Waals surface area contributed by atoms with Crippen molar-refractivity contribution in [2.45, 2.75) is 25.0 Å². The molecule has 0 aromatic heterocycles. The Balaban J connectivity index is 1.77. The molecule has 118 valence electrons. The zero-order chi connectivity index (χ0) is 15.2. The molecule has 0 saturated carbocycles. The number of likely N-dealkylation sites (tertiary alicyclic amines) is 1. The summed E-state index contributed by atoms with van der Waals surface area (Å²) < 4.78 is 5.61. The van der Waals surface area contributed by atoms with E-state index in [1.54, 1.807) is 6.07 Å². The van der Waals surface area contributed by atoms with Crippen LogP contribution in [0.2, 0.25) is 0 Å². The largest absolute Gasteiger partial charge is 0.491 e. The molecule has 1 fully saturated rings. The smallest absolute Gasteiger partial charge is 0.121 e. The zero-order valence-electron chi connectivity index (χ0n) is 13.0. The van der Waals surface area contributed by atoms with Crippen LogP contribution in [0.15, 0.2) is 24.3 Å². The van der Waals surface area contributed by atoms with E-state index in [2.05, 4.69) is 23.9 Å². The molecule has 1 aromatic rings. The van der Waals surface area contributed by atoms with Crippen molar-refractivity contribution in [3.8, 4) is 5.75 Å². The molecule has 2 unspecified atom stereocenters. The van der Waals surface area contributed by atoms with Crippen LogP contribution in [-0.4, -0.2) is 67.4 Å². The zero-order valence-corrected chi connectivity index (χ0v) is 13.0. The van der Waals surface area contributed by atoms with Crippen molar-refractivity contribution < 1.29 is 9.84 Å². The monoisotopic (exact) mass is 293 g/mol. The van der Waals surface area contributed by atoms with Crippen LogP contribution in [0.4, 0.5) is 5.69 Å². The molecule has 1 saturated heterocycles. The Morgan fingerprint density at radius 2 is 2.29 bits per heavy atom. The number of aliphatic hydroxyl groups excluding tert-OH is 1. The number of nitrogen functional groups attached to an aromatic ring is 1. The molecule has 0 radical (unpaired) electrons. The fourth-order valence-corrected chi connectivity index (χ4v) is 2.88. The third kappa shape index (κ3) is 5.19. The Bertz CT molecular complexity index is 439. The number of anilines is 1. The first kappa shape index (κ1) is 16.1. The number of nitrogens with two attached hydrogens (primary N) is 1. The Morgan fingerprint density at radius 3 is 3.00 bits per heavy atom. The molecule has 3 N–H and O–H groups in total. The Kier molecular flexibility index (Phi) is 5.85. The van der Waals surface area contributed by atoms with E-state index in [1.807, 2.05) is 18.2 Å². The molecule has 1 aromatic carbocycles. The lowest BCUT2D eigenvalue weighted by Crippen LogP contribution is -2.42. The first-order valence-electron chi connectivity index (χ1n) is 7.60. The molecule has 0 amide bonds. The normalized spacial score (nSPS) is 20.9. The van der Waals surface area contributed by atoms with Gasteiger partial charge in [0, 0.05) is 30.9 Å².